The monoisotopic (exact) mass is 400 g/mol. The van der Waals surface area contributed by atoms with Crippen molar-refractivity contribution in [2.45, 2.75) is 6.42 Å². The maximum absolute atomic E-state index is 12.1. The third-order valence-electron chi connectivity index (χ3n) is 3.69. The van der Waals surface area contributed by atoms with Crippen LogP contribution in [0.4, 0.5) is 5.69 Å². The largest absolute Gasteiger partial charge is 0.454 e. The summed E-state index contributed by atoms with van der Waals surface area (Å²) in [6.45, 7) is 0.219. The van der Waals surface area contributed by atoms with Crippen LogP contribution in [0.5, 0.6) is 11.5 Å². The van der Waals surface area contributed by atoms with Crippen LogP contribution in [-0.4, -0.2) is 17.9 Å². The van der Waals surface area contributed by atoms with Gasteiger partial charge in [0.05, 0.1) is 12.1 Å². The van der Waals surface area contributed by atoms with Gasteiger partial charge in [-0.15, -0.1) is 0 Å². The van der Waals surface area contributed by atoms with Gasteiger partial charge in [0.2, 0.25) is 12.7 Å². The van der Waals surface area contributed by atoms with Crippen molar-refractivity contribution in [2.24, 2.45) is 0 Å². The summed E-state index contributed by atoms with van der Waals surface area (Å²) in [5.74, 6) is 1.79. The van der Waals surface area contributed by atoms with E-state index in [1.54, 1.807) is 6.07 Å². The van der Waals surface area contributed by atoms with Crippen molar-refractivity contribution in [2.75, 3.05) is 12.1 Å². The molecule has 1 aromatic heterocycles. The first kappa shape index (κ1) is 15.7. The number of ether oxygens (including phenoxy) is 2. The fourth-order valence-electron chi connectivity index (χ4n) is 2.48. The molecular formula is C18H13BrN2O4. The molecule has 0 unspecified atom stereocenters. The van der Waals surface area contributed by atoms with E-state index in [-0.39, 0.29) is 19.1 Å². The Bertz CT molecular complexity index is 921. The number of hydrogen-bond donors (Lipinski definition) is 1. The van der Waals surface area contributed by atoms with Crippen LogP contribution >= 0.6 is 15.9 Å². The maximum atomic E-state index is 12.1. The summed E-state index contributed by atoms with van der Waals surface area (Å²) in [6, 6.07) is 14.6. The minimum Gasteiger partial charge on any atom is -0.454 e. The summed E-state index contributed by atoms with van der Waals surface area (Å²) in [5, 5.41) is 6.79. The van der Waals surface area contributed by atoms with Crippen molar-refractivity contribution in [3.05, 3.63) is 58.7 Å². The van der Waals surface area contributed by atoms with Gasteiger partial charge >= 0.3 is 0 Å². The zero-order chi connectivity index (χ0) is 17.2. The molecule has 3 aromatic rings. The molecule has 126 valence electrons. The highest BCUT2D eigenvalue weighted by Crippen LogP contribution is 2.36. The van der Waals surface area contributed by atoms with Gasteiger partial charge in [-0.3, -0.25) is 4.79 Å². The molecule has 2 heterocycles. The van der Waals surface area contributed by atoms with Gasteiger partial charge in [-0.05, 0) is 42.5 Å². The third kappa shape index (κ3) is 3.51. The Morgan fingerprint density at radius 1 is 1.08 bits per heavy atom. The van der Waals surface area contributed by atoms with Gasteiger partial charge in [0.25, 0.3) is 0 Å². The number of carbonyl (C=O) groups is 1. The van der Waals surface area contributed by atoms with Crippen LogP contribution in [-0.2, 0) is 11.2 Å². The zero-order valence-electron chi connectivity index (χ0n) is 13.0. The molecule has 0 saturated heterocycles. The van der Waals surface area contributed by atoms with Gasteiger partial charge in [-0.2, -0.15) is 0 Å². The molecule has 1 aliphatic rings. The second kappa shape index (κ2) is 6.60. The molecule has 1 aliphatic heterocycles. The van der Waals surface area contributed by atoms with E-state index in [0.29, 0.717) is 23.0 Å². The maximum Gasteiger partial charge on any atom is 0.231 e. The lowest BCUT2D eigenvalue weighted by Gasteiger charge is -2.03. The number of aromatic nitrogens is 1. The van der Waals surface area contributed by atoms with Crippen LogP contribution in [0.25, 0.3) is 11.3 Å². The number of nitrogens with zero attached hydrogens (tertiary/aromatic N) is 1. The predicted octanol–water partition coefficient (Wildman–Crippen LogP) is 4.01. The standard InChI is InChI=1S/C18H13BrN2O4/c19-12-2-4-13(5-3-12)20-18(22)9-14-8-16(25-21-14)11-1-6-15-17(7-11)24-10-23-15/h1-8H,9-10H2,(H,20,22). The lowest BCUT2D eigenvalue weighted by atomic mass is 10.1. The van der Waals surface area contributed by atoms with Gasteiger partial charge in [-0.25, -0.2) is 0 Å². The molecule has 1 amide bonds. The van der Waals surface area contributed by atoms with E-state index in [1.165, 1.54) is 0 Å². The normalized spacial score (nSPS) is 12.2. The molecular weight excluding hydrogens is 388 g/mol. The lowest BCUT2D eigenvalue weighted by Crippen LogP contribution is -2.14. The van der Waals surface area contributed by atoms with E-state index in [2.05, 4.69) is 26.4 Å². The molecule has 25 heavy (non-hydrogen) atoms. The van der Waals surface area contributed by atoms with Gasteiger partial charge < -0.3 is 19.3 Å². The molecule has 0 saturated carbocycles. The molecule has 0 radical (unpaired) electrons. The number of hydrogen-bond acceptors (Lipinski definition) is 5. The number of fused-ring (bicyclic) bond motifs is 1. The number of carbonyl (C=O) groups excluding carboxylic acids is 1. The van der Waals surface area contributed by atoms with Crippen LogP contribution in [0, 0.1) is 0 Å². The highest BCUT2D eigenvalue weighted by Gasteiger charge is 2.16. The van der Waals surface area contributed by atoms with E-state index in [1.807, 2.05) is 42.5 Å². The number of benzene rings is 2. The van der Waals surface area contributed by atoms with Crippen LogP contribution < -0.4 is 14.8 Å². The molecule has 7 heteroatoms. The van der Waals surface area contributed by atoms with Gasteiger partial charge in [-0.1, -0.05) is 21.1 Å². The molecule has 0 spiro atoms. The van der Waals surface area contributed by atoms with Crippen molar-refractivity contribution < 1.29 is 18.8 Å². The highest BCUT2D eigenvalue weighted by molar-refractivity contribution is 9.10. The summed E-state index contributed by atoms with van der Waals surface area (Å²) in [7, 11) is 0. The van der Waals surface area contributed by atoms with Crippen molar-refractivity contribution in [1.29, 1.82) is 0 Å². The molecule has 2 aromatic carbocycles. The topological polar surface area (TPSA) is 73.6 Å². The third-order valence-corrected chi connectivity index (χ3v) is 4.21. The Morgan fingerprint density at radius 2 is 1.88 bits per heavy atom. The number of amides is 1. The van der Waals surface area contributed by atoms with Crippen molar-refractivity contribution >= 4 is 27.5 Å². The van der Waals surface area contributed by atoms with E-state index < -0.39 is 0 Å². The van der Waals surface area contributed by atoms with E-state index in [4.69, 9.17) is 14.0 Å². The highest BCUT2D eigenvalue weighted by atomic mass is 79.9. The minimum absolute atomic E-state index is 0.129. The molecule has 0 atom stereocenters. The molecule has 1 N–H and O–H groups in total. The van der Waals surface area contributed by atoms with Gasteiger partial charge in [0.15, 0.2) is 17.3 Å². The van der Waals surface area contributed by atoms with E-state index >= 15 is 0 Å². The second-order valence-electron chi connectivity index (χ2n) is 5.48. The SMILES string of the molecule is O=C(Cc1cc(-c2ccc3c(c2)OCO3)on1)Nc1ccc(Br)cc1. The molecule has 4 rings (SSSR count). The first-order valence-electron chi connectivity index (χ1n) is 7.58. The Kier molecular flexibility index (Phi) is 4.15. The number of halogens is 1. The first-order valence-corrected chi connectivity index (χ1v) is 8.38. The van der Waals surface area contributed by atoms with Gasteiger partial charge in [0, 0.05) is 21.8 Å². The number of rotatable bonds is 4. The minimum atomic E-state index is -0.159. The van der Waals surface area contributed by atoms with Gasteiger partial charge in [0.1, 0.15) is 0 Å². The second-order valence-corrected chi connectivity index (χ2v) is 6.40. The van der Waals surface area contributed by atoms with E-state index in [9.17, 15) is 4.79 Å². The molecule has 0 fully saturated rings. The summed E-state index contributed by atoms with van der Waals surface area (Å²) in [5.41, 5.74) is 2.10. The van der Waals surface area contributed by atoms with Crippen LogP contribution in [0.3, 0.4) is 0 Å². The van der Waals surface area contributed by atoms with Crippen LogP contribution in [0.15, 0.2) is 57.5 Å². The van der Waals surface area contributed by atoms with Crippen molar-refractivity contribution in [1.82, 2.24) is 5.16 Å². The summed E-state index contributed by atoms with van der Waals surface area (Å²) >= 11 is 3.36. The molecule has 0 aliphatic carbocycles. The Labute approximate surface area is 151 Å². The quantitative estimate of drug-likeness (QED) is 0.715. The Morgan fingerprint density at radius 3 is 2.72 bits per heavy atom. The van der Waals surface area contributed by atoms with Crippen LogP contribution in [0.2, 0.25) is 0 Å². The Hall–Kier alpha value is -2.80. The summed E-state index contributed by atoms with van der Waals surface area (Å²) in [4.78, 5) is 12.1. The average Bonchev–Trinajstić information content (AvgIpc) is 3.25. The number of anilines is 1. The lowest BCUT2D eigenvalue weighted by molar-refractivity contribution is -0.115. The van der Waals surface area contributed by atoms with Crippen LogP contribution in [0.1, 0.15) is 5.69 Å². The zero-order valence-corrected chi connectivity index (χ0v) is 14.6. The first-order chi connectivity index (χ1) is 12.2. The number of nitrogens with one attached hydrogen (secondary N) is 1. The van der Waals surface area contributed by atoms with E-state index in [0.717, 1.165) is 15.7 Å². The Balaban J connectivity index is 1.44. The van der Waals surface area contributed by atoms with Crippen molar-refractivity contribution in [3.8, 4) is 22.8 Å². The molecule has 0 bridgehead atoms. The summed E-state index contributed by atoms with van der Waals surface area (Å²) < 4.78 is 16.9. The predicted molar refractivity (Wildman–Crippen MR) is 94.5 cm³/mol. The summed E-state index contributed by atoms with van der Waals surface area (Å²) in [6.07, 6.45) is 0.129. The fourth-order valence-corrected chi connectivity index (χ4v) is 2.75. The fraction of sp³-hybridized carbons (Fsp3) is 0.111. The van der Waals surface area contributed by atoms with Crippen molar-refractivity contribution in [3.63, 3.8) is 0 Å². The molecule has 6 nitrogen and oxygen atoms in total. The smallest absolute Gasteiger partial charge is 0.231 e. The average molecular weight is 401 g/mol.